The van der Waals surface area contributed by atoms with Gasteiger partial charge >= 0.3 is 0 Å². The zero-order valence-electron chi connectivity index (χ0n) is 16.4. The van der Waals surface area contributed by atoms with Crippen LogP contribution in [0, 0.1) is 0 Å². The molecular weight excluding hydrogens is 360 g/mol. The van der Waals surface area contributed by atoms with Crippen molar-refractivity contribution in [2.45, 2.75) is 32.4 Å². The molecule has 0 bridgehead atoms. The number of phenols is 1. The molecule has 7 nitrogen and oxygen atoms in total. The molecule has 1 heterocycles. The summed E-state index contributed by atoms with van der Waals surface area (Å²) in [6, 6.07) is 10.6. The van der Waals surface area contributed by atoms with E-state index in [1.807, 2.05) is 19.1 Å². The molecular formula is C21H26N2O5. The van der Waals surface area contributed by atoms with Gasteiger partial charge in [-0.15, -0.1) is 0 Å². The van der Waals surface area contributed by atoms with Crippen molar-refractivity contribution in [3.8, 4) is 23.0 Å². The Hall–Kier alpha value is -2.93. The molecule has 0 fully saturated rings. The number of benzene rings is 2. The molecule has 0 aliphatic heterocycles. The number of nitrogens with one attached hydrogen (secondary N) is 1. The van der Waals surface area contributed by atoms with Crippen molar-refractivity contribution >= 4 is 11.0 Å². The molecule has 0 aliphatic carbocycles. The van der Waals surface area contributed by atoms with Gasteiger partial charge in [-0.1, -0.05) is 24.2 Å². The number of para-hydroxylation sites is 2. The van der Waals surface area contributed by atoms with E-state index in [4.69, 9.17) is 18.7 Å². The van der Waals surface area contributed by atoms with Crippen LogP contribution in [-0.2, 0) is 6.42 Å². The number of rotatable bonds is 10. The zero-order chi connectivity index (χ0) is 19.9. The Morgan fingerprint density at radius 2 is 1.86 bits per heavy atom. The molecule has 1 unspecified atom stereocenters. The van der Waals surface area contributed by atoms with Gasteiger partial charge in [-0.25, -0.2) is 0 Å². The van der Waals surface area contributed by atoms with Crippen LogP contribution in [0.5, 0.6) is 23.0 Å². The second-order valence-corrected chi connectivity index (χ2v) is 6.37. The number of hydrogen-bond donors (Lipinski definition) is 2. The third-order valence-electron chi connectivity index (χ3n) is 4.52. The standard InChI is InChI=1S/C21H26N2O5/c1-4-21(27-17-10-6-5-9-16(17)24)22-11-7-8-15-14-12-19(25-2)20(26-3)13-18(14)28-23-15/h5-6,9-10,12-13,21-22,24H,4,7-8,11H2,1-3H3. The number of hydrogen-bond acceptors (Lipinski definition) is 7. The maximum atomic E-state index is 9.84. The second kappa shape index (κ2) is 9.32. The third-order valence-corrected chi connectivity index (χ3v) is 4.52. The lowest BCUT2D eigenvalue weighted by atomic mass is 10.1. The molecule has 3 rings (SSSR count). The molecule has 0 saturated carbocycles. The summed E-state index contributed by atoms with van der Waals surface area (Å²) < 4.78 is 21.9. The number of aryl methyl sites for hydroxylation is 1. The number of phenolic OH excluding ortho intramolecular Hbond substituents is 1. The lowest BCUT2D eigenvalue weighted by Gasteiger charge is -2.19. The van der Waals surface area contributed by atoms with Crippen LogP contribution in [-0.4, -0.2) is 37.3 Å². The first-order valence-electron chi connectivity index (χ1n) is 9.34. The van der Waals surface area contributed by atoms with Gasteiger partial charge in [0.1, 0.15) is 6.23 Å². The molecule has 7 heteroatoms. The molecule has 3 aromatic rings. The number of ether oxygens (including phenoxy) is 3. The van der Waals surface area contributed by atoms with Crippen LogP contribution in [0.2, 0.25) is 0 Å². The largest absolute Gasteiger partial charge is 0.504 e. The van der Waals surface area contributed by atoms with Gasteiger partial charge in [0.15, 0.2) is 28.6 Å². The highest BCUT2D eigenvalue weighted by molar-refractivity contribution is 5.83. The number of aromatic hydroxyl groups is 1. The first kappa shape index (κ1) is 19.8. The van der Waals surface area contributed by atoms with Gasteiger partial charge < -0.3 is 23.8 Å². The van der Waals surface area contributed by atoms with E-state index in [2.05, 4.69) is 10.5 Å². The molecule has 150 valence electrons. The van der Waals surface area contributed by atoms with Crippen LogP contribution in [0.1, 0.15) is 25.5 Å². The van der Waals surface area contributed by atoms with Crippen LogP contribution in [0.3, 0.4) is 0 Å². The maximum Gasteiger partial charge on any atom is 0.171 e. The summed E-state index contributed by atoms with van der Waals surface area (Å²) in [5.41, 5.74) is 1.56. The second-order valence-electron chi connectivity index (χ2n) is 6.37. The van der Waals surface area contributed by atoms with E-state index in [-0.39, 0.29) is 12.0 Å². The van der Waals surface area contributed by atoms with Crippen molar-refractivity contribution in [3.05, 3.63) is 42.1 Å². The van der Waals surface area contributed by atoms with Crippen LogP contribution < -0.4 is 19.5 Å². The van der Waals surface area contributed by atoms with Gasteiger partial charge in [0, 0.05) is 11.5 Å². The molecule has 0 spiro atoms. The van der Waals surface area contributed by atoms with Crippen molar-refractivity contribution < 1.29 is 23.8 Å². The minimum Gasteiger partial charge on any atom is -0.504 e. The number of fused-ring (bicyclic) bond motifs is 1. The number of methoxy groups -OCH3 is 2. The van der Waals surface area contributed by atoms with Gasteiger partial charge in [-0.2, -0.15) is 0 Å². The van der Waals surface area contributed by atoms with Gasteiger partial charge in [0.25, 0.3) is 0 Å². The topological polar surface area (TPSA) is 86.0 Å². The Labute approximate surface area is 164 Å². The summed E-state index contributed by atoms with van der Waals surface area (Å²) >= 11 is 0. The summed E-state index contributed by atoms with van der Waals surface area (Å²) in [4.78, 5) is 0. The van der Waals surface area contributed by atoms with Crippen molar-refractivity contribution in [2.24, 2.45) is 0 Å². The van der Waals surface area contributed by atoms with Crippen molar-refractivity contribution in [1.29, 1.82) is 0 Å². The summed E-state index contributed by atoms with van der Waals surface area (Å²) in [6.07, 6.45) is 2.21. The Morgan fingerprint density at radius 1 is 1.11 bits per heavy atom. The molecule has 0 saturated heterocycles. The zero-order valence-corrected chi connectivity index (χ0v) is 16.4. The normalized spacial score (nSPS) is 12.1. The smallest absolute Gasteiger partial charge is 0.171 e. The van der Waals surface area contributed by atoms with Crippen molar-refractivity contribution in [2.75, 3.05) is 20.8 Å². The summed E-state index contributed by atoms with van der Waals surface area (Å²) in [5.74, 6) is 1.89. The SMILES string of the molecule is CCC(NCCCc1noc2cc(OC)c(OC)cc12)Oc1ccccc1O. The number of aromatic nitrogens is 1. The predicted molar refractivity (Wildman–Crippen MR) is 106 cm³/mol. The lowest BCUT2D eigenvalue weighted by molar-refractivity contribution is 0.153. The highest BCUT2D eigenvalue weighted by Crippen LogP contribution is 2.33. The maximum absolute atomic E-state index is 9.84. The van der Waals surface area contributed by atoms with E-state index >= 15 is 0 Å². The van der Waals surface area contributed by atoms with Crippen molar-refractivity contribution in [1.82, 2.24) is 10.5 Å². The van der Waals surface area contributed by atoms with Crippen molar-refractivity contribution in [3.63, 3.8) is 0 Å². The Kier molecular flexibility index (Phi) is 6.60. The quantitative estimate of drug-likeness (QED) is 0.404. The summed E-state index contributed by atoms with van der Waals surface area (Å²) in [7, 11) is 3.20. The molecule has 2 N–H and O–H groups in total. The fourth-order valence-electron chi connectivity index (χ4n) is 2.99. The molecule has 0 aliphatic rings. The van der Waals surface area contributed by atoms with E-state index in [0.717, 1.165) is 36.9 Å². The molecule has 1 atom stereocenters. The van der Waals surface area contributed by atoms with E-state index < -0.39 is 0 Å². The van der Waals surface area contributed by atoms with Gasteiger partial charge in [-0.3, -0.25) is 5.32 Å². The molecule has 28 heavy (non-hydrogen) atoms. The Morgan fingerprint density at radius 3 is 2.57 bits per heavy atom. The van der Waals surface area contributed by atoms with Gasteiger partial charge in [-0.05, 0) is 44.0 Å². The summed E-state index contributed by atoms with van der Waals surface area (Å²) in [6.45, 7) is 2.77. The van der Waals surface area contributed by atoms with Gasteiger partial charge in [0.05, 0.1) is 19.9 Å². The minimum absolute atomic E-state index is 0.140. The molecule has 2 aromatic carbocycles. The molecule has 1 aromatic heterocycles. The lowest BCUT2D eigenvalue weighted by Crippen LogP contribution is -2.34. The van der Waals surface area contributed by atoms with Crippen LogP contribution in [0.15, 0.2) is 40.9 Å². The fraction of sp³-hybridized carbons (Fsp3) is 0.381. The minimum atomic E-state index is -0.174. The molecule has 0 radical (unpaired) electrons. The molecule has 0 amide bonds. The van der Waals surface area contributed by atoms with E-state index in [9.17, 15) is 5.11 Å². The Balaban J connectivity index is 1.56. The highest BCUT2D eigenvalue weighted by atomic mass is 16.5. The predicted octanol–water partition coefficient (Wildman–Crippen LogP) is 3.89. The Bertz CT molecular complexity index is 909. The first-order valence-corrected chi connectivity index (χ1v) is 9.34. The van der Waals surface area contributed by atoms with Crippen LogP contribution in [0.4, 0.5) is 0 Å². The van der Waals surface area contributed by atoms with Gasteiger partial charge in [0.2, 0.25) is 0 Å². The average Bonchev–Trinajstić information content (AvgIpc) is 3.12. The first-order chi connectivity index (χ1) is 13.7. The average molecular weight is 386 g/mol. The van der Waals surface area contributed by atoms with E-state index in [0.29, 0.717) is 22.8 Å². The third kappa shape index (κ3) is 4.48. The summed E-state index contributed by atoms with van der Waals surface area (Å²) in [5, 5.41) is 18.3. The number of nitrogens with zero attached hydrogens (tertiary/aromatic N) is 1. The monoisotopic (exact) mass is 386 g/mol. The van der Waals surface area contributed by atoms with E-state index in [1.165, 1.54) is 0 Å². The van der Waals surface area contributed by atoms with Crippen LogP contribution in [0.25, 0.3) is 11.0 Å². The van der Waals surface area contributed by atoms with Crippen LogP contribution >= 0.6 is 0 Å². The highest BCUT2D eigenvalue weighted by Gasteiger charge is 2.14. The van der Waals surface area contributed by atoms with E-state index in [1.54, 1.807) is 38.5 Å². The fourth-order valence-corrected chi connectivity index (χ4v) is 2.99.